The Labute approximate surface area is 165 Å². The highest BCUT2D eigenvalue weighted by Gasteiger charge is 2.36. The monoisotopic (exact) mass is 374 g/mol. The van der Waals surface area contributed by atoms with Crippen molar-refractivity contribution >= 4 is 17.0 Å². The highest BCUT2D eigenvalue weighted by Crippen LogP contribution is 2.37. The summed E-state index contributed by atoms with van der Waals surface area (Å²) in [6.45, 7) is 0.827. The Morgan fingerprint density at radius 1 is 0.929 bits per heavy atom. The van der Waals surface area contributed by atoms with E-state index in [1.165, 1.54) is 24.8 Å². The van der Waals surface area contributed by atoms with E-state index in [-0.39, 0.29) is 12.0 Å². The standard InChI is InChI=1S/C24H26N2O2/c27-24(18-10-5-2-6-11-18)26-15-7-12-21(26)23-25-20-16-19(13-14-22(20)28-23)17-8-3-1-4-9-17/h1,3-4,8-9,13-14,16,18,21H,2,5-7,10-12,15H2/t21-/m1/s1. The Hall–Kier alpha value is -2.62. The van der Waals surface area contributed by atoms with Gasteiger partial charge in [0.05, 0.1) is 0 Å². The number of likely N-dealkylation sites (tertiary alicyclic amines) is 1. The number of hydrogen-bond acceptors (Lipinski definition) is 3. The van der Waals surface area contributed by atoms with Crippen LogP contribution in [0.2, 0.25) is 0 Å². The molecule has 1 amide bonds. The summed E-state index contributed by atoms with van der Waals surface area (Å²) in [4.78, 5) is 19.9. The van der Waals surface area contributed by atoms with Crippen LogP contribution in [-0.2, 0) is 4.79 Å². The van der Waals surface area contributed by atoms with Crippen LogP contribution in [-0.4, -0.2) is 22.3 Å². The van der Waals surface area contributed by atoms with Gasteiger partial charge in [-0.2, -0.15) is 0 Å². The number of nitrogens with zero attached hydrogens (tertiary/aromatic N) is 2. The summed E-state index contributed by atoms with van der Waals surface area (Å²) in [5.74, 6) is 1.21. The summed E-state index contributed by atoms with van der Waals surface area (Å²) in [6.07, 6.45) is 7.67. The van der Waals surface area contributed by atoms with Gasteiger partial charge in [-0.1, -0.05) is 55.7 Å². The van der Waals surface area contributed by atoms with Crippen LogP contribution >= 0.6 is 0 Å². The van der Waals surface area contributed by atoms with E-state index in [1.54, 1.807) is 0 Å². The zero-order valence-electron chi connectivity index (χ0n) is 16.1. The Balaban J connectivity index is 1.42. The van der Waals surface area contributed by atoms with Crippen LogP contribution in [0.5, 0.6) is 0 Å². The Bertz CT molecular complexity index is 973. The normalized spacial score (nSPS) is 20.7. The number of aromatic nitrogens is 1. The van der Waals surface area contributed by atoms with Crippen LogP contribution < -0.4 is 0 Å². The summed E-state index contributed by atoms with van der Waals surface area (Å²) in [7, 11) is 0. The number of carbonyl (C=O) groups is 1. The van der Waals surface area contributed by atoms with Gasteiger partial charge in [0.15, 0.2) is 5.58 Å². The molecule has 1 atom stereocenters. The molecule has 5 rings (SSSR count). The highest BCUT2D eigenvalue weighted by atomic mass is 16.3. The Morgan fingerprint density at radius 2 is 1.75 bits per heavy atom. The van der Waals surface area contributed by atoms with Crippen LogP contribution in [0.25, 0.3) is 22.2 Å². The van der Waals surface area contributed by atoms with Crippen LogP contribution in [0.4, 0.5) is 0 Å². The number of rotatable bonds is 3. The minimum absolute atomic E-state index is 0.0120. The summed E-state index contributed by atoms with van der Waals surface area (Å²) in [5, 5.41) is 0. The number of benzene rings is 2. The molecular formula is C24H26N2O2. The van der Waals surface area contributed by atoms with Crippen molar-refractivity contribution in [1.29, 1.82) is 0 Å². The summed E-state index contributed by atoms with van der Waals surface area (Å²) >= 11 is 0. The van der Waals surface area contributed by atoms with Gasteiger partial charge in [0, 0.05) is 12.5 Å². The van der Waals surface area contributed by atoms with E-state index < -0.39 is 0 Å². The van der Waals surface area contributed by atoms with Gasteiger partial charge in [-0.25, -0.2) is 4.98 Å². The lowest BCUT2D eigenvalue weighted by Gasteiger charge is -2.29. The fourth-order valence-corrected chi connectivity index (χ4v) is 4.77. The first-order valence-electron chi connectivity index (χ1n) is 10.6. The van der Waals surface area contributed by atoms with Crippen LogP contribution in [0, 0.1) is 5.92 Å². The number of carbonyl (C=O) groups excluding carboxylic acids is 1. The highest BCUT2D eigenvalue weighted by molar-refractivity contribution is 5.81. The molecule has 144 valence electrons. The number of oxazole rings is 1. The SMILES string of the molecule is O=C(C1CCCCC1)N1CCC[C@@H]1c1nc2cc(-c3ccccc3)ccc2o1. The molecule has 0 N–H and O–H groups in total. The van der Waals surface area contributed by atoms with E-state index in [4.69, 9.17) is 9.40 Å². The lowest BCUT2D eigenvalue weighted by Crippen LogP contribution is -2.36. The summed E-state index contributed by atoms with van der Waals surface area (Å²) in [6, 6.07) is 16.5. The van der Waals surface area contributed by atoms with Gasteiger partial charge in [0.25, 0.3) is 0 Å². The molecule has 0 spiro atoms. The number of hydrogen-bond donors (Lipinski definition) is 0. The van der Waals surface area contributed by atoms with Gasteiger partial charge in [-0.05, 0) is 48.9 Å². The third kappa shape index (κ3) is 3.21. The maximum absolute atomic E-state index is 13.1. The van der Waals surface area contributed by atoms with E-state index in [1.807, 2.05) is 29.2 Å². The zero-order chi connectivity index (χ0) is 18.9. The fraction of sp³-hybridized carbons (Fsp3) is 0.417. The lowest BCUT2D eigenvalue weighted by atomic mass is 9.88. The second-order valence-corrected chi connectivity index (χ2v) is 8.13. The van der Waals surface area contributed by atoms with Gasteiger partial charge in [0.1, 0.15) is 11.6 Å². The number of amides is 1. The van der Waals surface area contributed by atoms with Crippen molar-refractivity contribution in [2.75, 3.05) is 6.54 Å². The molecule has 0 unspecified atom stereocenters. The molecule has 1 aliphatic carbocycles. The predicted molar refractivity (Wildman–Crippen MR) is 110 cm³/mol. The van der Waals surface area contributed by atoms with E-state index in [0.717, 1.165) is 48.9 Å². The molecule has 0 bridgehead atoms. The summed E-state index contributed by atoms with van der Waals surface area (Å²) in [5.41, 5.74) is 3.97. The molecule has 1 aromatic heterocycles. The van der Waals surface area contributed by atoms with Crippen molar-refractivity contribution in [1.82, 2.24) is 9.88 Å². The Kier molecular flexibility index (Phi) is 4.63. The van der Waals surface area contributed by atoms with Gasteiger partial charge in [-0.15, -0.1) is 0 Å². The van der Waals surface area contributed by atoms with Gasteiger partial charge in [0.2, 0.25) is 11.8 Å². The van der Waals surface area contributed by atoms with Gasteiger partial charge >= 0.3 is 0 Å². The first kappa shape index (κ1) is 17.5. The minimum Gasteiger partial charge on any atom is -0.438 e. The molecule has 1 saturated heterocycles. The molecular weight excluding hydrogens is 348 g/mol. The topological polar surface area (TPSA) is 46.3 Å². The van der Waals surface area contributed by atoms with Gasteiger partial charge in [-0.3, -0.25) is 4.79 Å². The van der Waals surface area contributed by atoms with Crippen molar-refractivity contribution in [3.63, 3.8) is 0 Å². The fourth-order valence-electron chi connectivity index (χ4n) is 4.77. The van der Waals surface area contributed by atoms with Crippen molar-refractivity contribution in [3.8, 4) is 11.1 Å². The van der Waals surface area contributed by atoms with E-state index >= 15 is 0 Å². The zero-order valence-corrected chi connectivity index (χ0v) is 16.1. The van der Waals surface area contributed by atoms with Crippen molar-refractivity contribution < 1.29 is 9.21 Å². The van der Waals surface area contributed by atoms with E-state index in [2.05, 4.69) is 24.3 Å². The molecule has 2 aromatic carbocycles. The predicted octanol–water partition coefficient (Wildman–Crippen LogP) is 5.74. The van der Waals surface area contributed by atoms with Gasteiger partial charge < -0.3 is 9.32 Å². The van der Waals surface area contributed by atoms with Crippen LogP contribution in [0.15, 0.2) is 52.9 Å². The molecule has 2 heterocycles. The maximum Gasteiger partial charge on any atom is 0.226 e. The van der Waals surface area contributed by atoms with Crippen molar-refractivity contribution in [3.05, 3.63) is 54.4 Å². The third-order valence-electron chi connectivity index (χ3n) is 6.29. The average molecular weight is 374 g/mol. The largest absolute Gasteiger partial charge is 0.438 e. The third-order valence-corrected chi connectivity index (χ3v) is 6.29. The first-order chi connectivity index (χ1) is 13.8. The second kappa shape index (κ2) is 7.42. The quantitative estimate of drug-likeness (QED) is 0.587. The first-order valence-corrected chi connectivity index (χ1v) is 10.6. The van der Waals surface area contributed by atoms with E-state index in [9.17, 15) is 4.79 Å². The van der Waals surface area contributed by atoms with Crippen LogP contribution in [0.3, 0.4) is 0 Å². The maximum atomic E-state index is 13.1. The molecule has 28 heavy (non-hydrogen) atoms. The molecule has 1 saturated carbocycles. The average Bonchev–Trinajstić information content (AvgIpc) is 3.40. The molecule has 1 aliphatic heterocycles. The minimum atomic E-state index is -0.0120. The second-order valence-electron chi connectivity index (χ2n) is 8.13. The molecule has 0 radical (unpaired) electrons. The molecule has 4 nitrogen and oxygen atoms in total. The number of fused-ring (bicyclic) bond motifs is 1. The smallest absolute Gasteiger partial charge is 0.226 e. The van der Waals surface area contributed by atoms with Crippen molar-refractivity contribution in [2.24, 2.45) is 5.92 Å². The Morgan fingerprint density at radius 3 is 2.57 bits per heavy atom. The molecule has 2 fully saturated rings. The van der Waals surface area contributed by atoms with Crippen LogP contribution in [0.1, 0.15) is 56.9 Å². The molecule has 4 heteroatoms. The van der Waals surface area contributed by atoms with Crippen molar-refractivity contribution in [2.45, 2.75) is 51.0 Å². The molecule has 3 aromatic rings. The molecule has 2 aliphatic rings. The summed E-state index contributed by atoms with van der Waals surface area (Å²) < 4.78 is 6.11. The lowest BCUT2D eigenvalue weighted by molar-refractivity contribution is -0.137. The van der Waals surface area contributed by atoms with E-state index in [0.29, 0.717) is 11.8 Å².